The van der Waals surface area contributed by atoms with Gasteiger partial charge in [-0.05, 0) is 60.8 Å². The molecule has 5 nitrogen and oxygen atoms in total. The summed E-state index contributed by atoms with van der Waals surface area (Å²) < 4.78 is 12.5. The van der Waals surface area contributed by atoms with Crippen molar-refractivity contribution in [3.8, 4) is 0 Å². The zero-order chi connectivity index (χ0) is 19.5. The molecule has 5 rings (SSSR count). The molecule has 10 unspecified atom stereocenters. The Balaban J connectivity index is 1.71. The molecule has 5 fully saturated rings. The van der Waals surface area contributed by atoms with Gasteiger partial charge in [0.05, 0.1) is 29.8 Å². The van der Waals surface area contributed by atoms with E-state index in [1.54, 1.807) is 0 Å². The zero-order valence-electron chi connectivity index (χ0n) is 16.8. The highest BCUT2D eigenvalue weighted by molar-refractivity contribution is 6.05. The monoisotopic (exact) mass is 376 g/mol. The Labute approximate surface area is 161 Å². The van der Waals surface area contributed by atoms with E-state index in [0.29, 0.717) is 12.0 Å². The highest BCUT2D eigenvalue weighted by atomic mass is 16.7. The average Bonchev–Trinajstić information content (AvgIpc) is 2.75. The van der Waals surface area contributed by atoms with Crippen LogP contribution in [0.15, 0.2) is 12.2 Å². The topological polar surface area (TPSA) is 76.0 Å². The predicted octanol–water partition coefficient (Wildman–Crippen LogP) is 2.45. The van der Waals surface area contributed by atoms with Crippen molar-refractivity contribution in [3.05, 3.63) is 12.2 Å². The molecule has 1 saturated heterocycles. The van der Waals surface area contributed by atoms with E-state index in [-0.39, 0.29) is 52.7 Å². The summed E-state index contributed by atoms with van der Waals surface area (Å²) in [6.07, 6.45) is 0.993. The third-order valence-corrected chi connectivity index (χ3v) is 9.33. The first-order valence-corrected chi connectivity index (χ1v) is 10.5. The Bertz CT molecular complexity index is 715. The molecule has 0 aromatic heterocycles. The van der Waals surface area contributed by atoms with Crippen LogP contribution in [0.25, 0.3) is 0 Å². The van der Waals surface area contributed by atoms with Gasteiger partial charge in [-0.1, -0.05) is 27.4 Å². The Hall–Kier alpha value is -0.750. The van der Waals surface area contributed by atoms with Crippen molar-refractivity contribution in [3.63, 3.8) is 0 Å². The Kier molecular flexibility index (Phi) is 3.55. The van der Waals surface area contributed by atoms with Crippen LogP contribution in [0.4, 0.5) is 0 Å². The van der Waals surface area contributed by atoms with Crippen LogP contribution in [0.1, 0.15) is 53.4 Å². The Morgan fingerprint density at radius 2 is 1.81 bits per heavy atom. The van der Waals surface area contributed by atoms with Crippen LogP contribution in [-0.4, -0.2) is 46.7 Å². The first-order chi connectivity index (χ1) is 12.6. The number of carbonyl (C=O) groups is 1. The third-order valence-electron chi connectivity index (χ3n) is 9.33. The van der Waals surface area contributed by atoms with Crippen molar-refractivity contribution in [1.82, 2.24) is 0 Å². The highest BCUT2D eigenvalue weighted by Crippen LogP contribution is 2.72. The molecule has 2 N–H and O–H groups in total. The highest BCUT2D eigenvalue weighted by Gasteiger charge is 2.78. The smallest absolute Gasteiger partial charge is 0.170 e. The summed E-state index contributed by atoms with van der Waals surface area (Å²) in [5.41, 5.74) is -0.598. The van der Waals surface area contributed by atoms with Crippen molar-refractivity contribution in [2.75, 3.05) is 0 Å². The fourth-order valence-electron chi connectivity index (χ4n) is 8.09. The number of rotatable bonds is 0. The molecule has 0 aromatic carbocycles. The number of fused-ring (bicyclic) bond motifs is 2. The molecule has 1 spiro atoms. The van der Waals surface area contributed by atoms with Crippen LogP contribution in [0.5, 0.6) is 0 Å². The van der Waals surface area contributed by atoms with E-state index < -0.39 is 17.8 Å². The number of hydrogen-bond acceptors (Lipinski definition) is 5. The fourth-order valence-corrected chi connectivity index (χ4v) is 8.09. The van der Waals surface area contributed by atoms with Crippen LogP contribution in [-0.2, 0) is 14.3 Å². The van der Waals surface area contributed by atoms with E-state index in [1.807, 2.05) is 6.92 Å². The number of aliphatic hydroxyl groups is 2. The number of hydrogen-bond donors (Lipinski definition) is 2. The lowest BCUT2D eigenvalue weighted by atomic mass is 9.39. The van der Waals surface area contributed by atoms with Gasteiger partial charge in [-0.25, -0.2) is 0 Å². The maximum atomic E-state index is 13.6. The molecule has 10 atom stereocenters. The number of Topliss-reactive ketones (excluding diaryl/α,β-unsaturated/α-hetero) is 1. The zero-order valence-corrected chi connectivity index (χ0v) is 16.8. The SMILES string of the molecule is C=C1C(=O)C23C4CC5C(C)(C)C(O)CCC5(C)C2CC(O)C1C3OC(C)O4. The van der Waals surface area contributed by atoms with Crippen molar-refractivity contribution < 1.29 is 24.5 Å². The molecule has 4 saturated carbocycles. The van der Waals surface area contributed by atoms with Gasteiger partial charge in [0.1, 0.15) is 0 Å². The van der Waals surface area contributed by atoms with Crippen molar-refractivity contribution in [1.29, 1.82) is 0 Å². The second-order valence-corrected chi connectivity index (χ2v) is 10.6. The van der Waals surface area contributed by atoms with Gasteiger partial charge >= 0.3 is 0 Å². The van der Waals surface area contributed by atoms with Gasteiger partial charge in [0, 0.05) is 5.92 Å². The first kappa shape index (κ1) is 18.3. The van der Waals surface area contributed by atoms with E-state index in [2.05, 4.69) is 27.4 Å². The predicted molar refractivity (Wildman–Crippen MR) is 98.6 cm³/mol. The minimum Gasteiger partial charge on any atom is -0.393 e. The largest absolute Gasteiger partial charge is 0.393 e. The molecule has 150 valence electrons. The molecule has 1 aliphatic heterocycles. The van der Waals surface area contributed by atoms with Crippen molar-refractivity contribution in [2.24, 2.45) is 34.0 Å². The van der Waals surface area contributed by atoms with Gasteiger partial charge in [-0.2, -0.15) is 0 Å². The van der Waals surface area contributed by atoms with Crippen LogP contribution < -0.4 is 0 Å². The minimum atomic E-state index is -0.725. The molecule has 5 aliphatic rings. The summed E-state index contributed by atoms with van der Waals surface area (Å²) in [6.45, 7) is 12.5. The van der Waals surface area contributed by atoms with Crippen molar-refractivity contribution >= 4 is 5.78 Å². The van der Waals surface area contributed by atoms with Gasteiger partial charge in [-0.15, -0.1) is 0 Å². The maximum Gasteiger partial charge on any atom is 0.170 e. The maximum absolute atomic E-state index is 13.6. The summed E-state index contributed by atoms with van der Waals surface area (Å²) >= 11 is 0. The minimum absolute atomic E-state index is 0.0176. The molecule has 1 heterocycles. The van der Waals surface area contributed by atoms with Crippen LogP contribution in [0, 0.1) is 34.0 Å². The van der Waals surface area contributed by atoms with Gasteiger partial charge in [-0.3, -0.25) is 4.79 Å². The van der Waals surface area contributed by atoms with E-state index in [0.717, 1.165) is 19.3 Å². The molecule has 4 aliphatic carbocycles. The normalized spacial score (nSPS) is 58.6. The lowest BCUT2D eigenvalue weighted by Crippen LogP contribution is -2.72. The molecule has 0 radical (unpaired) electrons. The quantitative estimate of drug-likeness (QED) is 0.635. The van der Waals surface area contributed by atoms with Gasteiger partial charge < -0.3 is 19.7 Å². The fraction of sp³-hybridized carbons (Fsp3) is 0.864. The van der Waals surface area contributed by atoms with Crippen molar-refractivity contribution in [2.45, 2.75) is 84.1 Å². The lowest BCUT2D eigenvalue weighted by molar-refractivity contribution is -0.350. The second kappa shape index (κ2) is 5.24. The van der Waals surface area contributed by atoms with Gasteiger partial charge in [0.15, 0.2) is 12.1 Å². The summed E-state index contributed by atoms with van der Waals surface area (Å²) in [5.74, 6) is -0.0498. The molecule has 2 bridgehead atoms. The summed E-state index contributed by atoms with van der Waals surface area (Å²) in [5, 5.41) is 21.8. The Morgan fingerprint density at radius 3 is 2.52 bits per heavy atom. The van der Waals surface area contributed by atoms with Gasteiger partial charge in [0.2, 0.25) is 0 Å². The summed E-state index contributed by atoms with van der Waals surface area (Å²) in [4.78, 5) is 13.6. The Morgan fingerprint density at radius 1 is 1.11 bits per heavy atom. The van der Waals surface area contributed by atoms with Gasteiger partial charge in [0.25, 0.3) is 0 Å². The molecular formula is C22H32O5. The van der Waals surface area contributed by atoms with E-state index >= 15 is 0 Å². The van der Waals surface area contributed by atoms with E-state index in [1.165, 1.54) is 0 Å². The summed E-state index contributed by atoms with van der Waals surface area (Å²) in [7, 11) is 0. The molecule has 0 amide bonds. The standard InChI is InChI=1S/C22H32O5/c1-10-17-12(23)8-14-21(5)7-6-15(24)20(3,4)13(21)9-16-22(14,18(10)25)19(17)27-11(2)26-16/h11-17,19,23-24H,1,6-9H2,2-5H3. The number of ketones is 1. The lowest BCUT2D eigenvalue weighted by Gasteiger charge is -2.68. The summed E-state index contributed by atoms with van der Waals surface area (Å²) in [6, 6.07) is 0. The number of carbonyl (C=O) groups excluding carboxylic acids is 1. The number of aliphatic hydroxyl groups excluding tert-OH is 2. The molecule has 0 aromatic rings. The van der Waals surface area contributed by atoms with E-state index in [9.17, 15) is 15.0 Å². The average molecular weight is 376 g/mol. The second-order valence-electron chi connectivity index (χ2n) is 10.6. The molecule has 5 heteroatoms. The van der Waals surface area contributed by atoms with E-state index in [4.69, 9.17) is 9.47 Å². The number of ether oxygens (including phenoxy) is 2. The molecular weight excluding hydrogens is 344 g/mol. The molecule has 27 heavy (non-hydrogen) atoms. The van der Waals surface area contributed by atoms with Crippen LogP contribution in [0.2, 0.25) is 0 Å². The first-order valence-electron chi connectivity index (χ1n) is 10.5. The third kappa shape index (κ3) is 1.88. The van der Waals surface area contributed by atoms with Crippen LogP contribution >= 0.6 is 0 Å². The van der Waals surface area contributed by atoms with Crippen LogP contribution in [0.3, 0.4) is 0 Å².